The highest BCUT2D eigenvalue weighted by atomic mass is 32.2. The van der Waals surface area contributed by atoms with E-state index in [-0.39, 0.29) is 18.4 Å². The molecule has 0 saturated carbocycles. The van der Waals surface area contributed by atoms with Crippen LogP contribution < -0.4 is 14.5 Å². The minimum absolute atomic E-state index is 0.127. The van der Waals surface area contributed by atoms with E-state index < -0.39 is 10.0 Å². The van der Waals surface area contributed by atoms with E-state index in [9.17, 15) is 18.0 Å². The summed E-state index contributed by atoms with van der Waals surface area (Å²) in [5, 5.41) is 2.90. The average Bonchev–Trinajstić information content (AvgIpc) is 3.23. The van der Waals surface area contributed by atoms with Gasteiger partial charge < -0.3 is 10.2 Å². The molecule has 188 valence electrons. The number of aryl methyl sites for hydroxylation is 3. The van der Waals surface area contributed by atoms with Crippen molar-refractivity contribution in [3.63, 3.8) is 0 Å². The van der Waals surface area contributed by atoms with Gasteiger partial charge in [0.25, 0.3) is 5.91 Å². The molecule has 0 unspecified atom stereocenters. The molecule has 1 saturated heterocycles. The summed E-state index contributed by atoms with van der Waals surface area (Å²) in [5.41, 5.74) is 6.12. The van der Waals surface area contributed by atoms with Gasteiger partial charge in [0, 0.05) is 29.9 Å². The van der Waals surface area contributed by atoms with Crippen LogP contribution in [-0.2, 0) is 21.4 Å². The Kier molecular flexibility index (Phi) is 7.17. The molecule has 1 aliphatic heterocycles. The molecule has 0 aromatic heterocycles. The number of hydrogen-bond acceptors (Lipinski definition) is 4. The van der Waals surface area contributed by atoms with Crippen LogP contribution in [0.1, 0.15) is 45.5 Å². The monoisotopic (exact) mass is 505 g/mol. The predicted octanol–water partition coefficient (Wildman–Crippen LogP) is 4.96. The number of para-hydroxylation sites is 1. The zero-order chi connectivity index (χ0) is 26.0. The molecule has 0 radical (unpaired) electrons. The first-order valence-corrected chi connectivity index (χ1v) is 13.7. The van der Waals surface area contributed by atoms with Crippen molar-refractivity contribution in [1.82, 2.24) is 0 Å². The Morgan fingerprint density at radius 1 is 0.972 bits per heavy atom. The number of hydrogen-bond donors (Lipinski definition) is 1. The molecule has 3 aromatic rings. The standard InChI is InChI=1S/C28H31N3O4S/c1-19-7-5-8-20(2)27(19)31(36(4,34)35)18-22-10-12-23(13-11-22)28(33)29-24-14-15-25(21(3)17-24)30-16-6-9-26(30)32/h5,7-8,10-15,17H,6,9,16,18H2,1-4H3,(H,29,33). The van der Waals surface area contributed by atoms with Gasteiger partial charge in [-0.05, 0) is 79.8 Å². The van der Waals surface area contributed by atoms with Crippen molar-refractivity contribution >= 4 is 38.9 Å². The maximum Gasteiger partial charge on any atom is 0.255 e. The van der Waals surface area contributed by atoms with E-state index in [1.807, 2.05) is 51.1 Å². The highest BCUT2D eigenvalue weighted by molar-refractivity contribution is 7.92. The highest BCUT2D eigenvalue weighted by Crippen LogP contribution is 2.29. The van der Waals surface area contributed by atoms with Gasteiger partial charge in [-0.1, -0.05) is 30.3 Å². The van der Waals surface area contributed by atoms with Crippen molar-refractivity contribution < 1.29 is 18.0 Å². The third-order valence-corrected chi connectivity index (χ3v) is 7.56. The first kappa shape index (κ1) is 25.4. The fourth-order valence-electron chi connectivity index (χ4n) is 4.63. The van der Waals surface area contributed by atoms with E-state index in [1.165, 1.54) is 10.6 Å². The van der Waals surface area contributed by atoms with Crippen LogP contribution in [0.15, 0.2) is 60.7 Å². The van der Waals surface area contributed by atoms with Crippen LogP contribution >= 0.6 is 0 Å². The minimum Gasteiger partial charge on any atom is -0.322 e. The number of benzene rings is 3. The highest BCUT2D eigenvalue weighted by Gasteiger charge is 2.23. The number of amides is 2. The fraction of sp³-hybridized carbons (Fsp3) is 0.286. The van der Waals surface area contributed by atoms with Crippen LogP contribution in [0.2, 0.25) is 0 Å². The van der Waals surface area contributed by atoms with Gasteiger partial charge in [0.1, 0.15) is 0 Å². The molecule has 1 heterocycles. The summed E-state index contributed by atoms with van der Waals surface area (Å²) in [7, 11) is -3.52. The summed E-state index contributed by atoms with van der Waals surface area (Å²) in [6.07, 6.45) is 2.63. The van der Waals surface area contributed by atoms with Gasteiger partial charge in [-0.15, -0.1) is 0 Å². The first-order valence-electron chi connectivity index (χ1n) is 11.9. The lowest BCUT2D eigenvalue weighted by Crippen LogP contribution is -2.30. The van der Waals surface area contributed by atoms with E-state index in [0.29, 0.717) is 23.4 Å². The number of sulfonamides is 1. The summed E-state index contributed by atoms with van der Waals surface area (Å²) >= 11 is 0. The van der Waals surface area contributed by atoms with Crippen LogP contribution in [0.25, 0.3) is 0 Å². The average molecular weight is 506 g/mol. The SMILES string of the molecule is Cc1cc(NC(=O)c2ccc(CN(c3c(C)cccc3C)S(C)(=O)=O)cc2)ccc1N1CCCC1=O. The lowest BCUT2D eigenvalue weighted by atomic mass is 10.1. The van der Waals surface area contributed by atoms with Crippen molar-refractivity contribution in [2.75, 3.05) is 27.3 Å². The summed E-state index contributed by atoms with van der Waals surface area (Å²) in [6.45, 7) is 6.60. The predicted molar refractivity (Wildman–Crippen MR) is 144 cm³/mol. The van der Waals surface area contributed by atoms with E-state index in [2.05, 4.69) is 5.32 Å². The van der Waals surface area contributed by atoms with Crippen LogP contribution in [0.3, 0.4) is 0 Å². The van der Waals surface area contributed by atoms with Crippen LogP contribution in [0.4, 0.5) is 17.1 Å². The van der Waals surface area contributed by atoms with Crippen molar-refractivity contribution in [3.8, 4) is 0 Å². The molecule has 2 amide bonds. The Balaban J connectivity index is 1.48. The zero-order valence-corrected chi connectivity index (χ0v) is 21.9. The largest absolute Gasteiger partial charge is 0.322 e. The maximum atomic E-state index is 12.8. The van der Waals surface area contributed by atoms with Gasteiger partial charge in [0.15, 0.2) is 0 Å². The third kappa shape index (κ3) is 5.44. The Morgan fingerprint density at radius 3 is 2.19 bits per heavy atom. The minimum atomic E-state index is -3.52. The number of nitrogens with zero attached hydrogens (tertiary/aromatic N) is 2. The first-order chi connectivity index (χ1) is 17.0. The third-order valence-electron chi connectivity index (χ3n) is 6.45. The molecule has 36 heavy (non-hydrogen) atoms. The second-order valence-electron chi connectivity index (χ2n) is 9.31. The number of carbonyl (C=O) groups excluding carboxylic acids is 2. The zero-order valence-electron chi connectivity index (χ0n) is 21.0. The Bertz CT molecular complexity index is 1390. The molecule has 1 fully saturated rings. The van der Waals surface area contributed by atoms with Crippen LogP contribution in [0.5, 0.6) is 0 Å². The maximum absolute atomic E-state index is 12.8. The lowest BCUT2D eigenvalue weighted by molar-refractivity contribution is -0.117. The fourth-order valence-corrected chi connectivity index (χ4v) is 5.63. The summed E-state index contributed by atoms with van der Waals surface area (Å²) < 4.78 is 26.6. The van der Waals surface area contributed by atoms with Gasteiger partial charge in [-0.3, -0.25) is 13.9 Å². The quantitative estimate of drug-likeness (QED) is 0.492. The van der Waals surface area contributed by atoms with E-state index in [4.69, 9.17) is 0 Å². The number of carbonyl (C=O) groups is 2. The summed E-state index contributed by atoms with van der Waals surface area (Å²) in [5.74, 6) is -0.136. The molecule has 8 heteroatoms. The van der Waals surface area contributed by atoms with Crippen LogP contribution in [0, 0.1) is 20.8 Å². The normalized spacial score (nSPS) is 13.7. The van der Waals surface area contributed by atoms with E-state index in [0.717, 1.165) is 40.9 Å². The lowest BCUT2D eigenvalue weighted by Gasteiger charge is -2.26. The molecule has 4 rings (SSSR count). The molecule has 0 spiro atoms. The van der Waals surface area contributed by atoms with Crippen molar-refractivity contribution in [2.45, 2.75) is 40.2 Å². The van der Waals surface area contributed by atoms with Gasteiger partial charge >= 0.3 is 0 Å². The van der Waals surface area contributed by atoms with Crippen molar-refractivity contribution in [1.29, 1.82) is 0 Å². The smallest absolute Gasteiger partial charge is 0.255 e. The molecular weight excluding hydrogens is 474 g/mol. The van der Waals surface area contributed by atoms with Gasteiger partial charge in [0.05, 0.1) is 18.5 Å². The number of anilines is 3. The molecule has 0 aliphatic carbocycles. The van der Waals surface area contributed by atoms with E-state index in [1.54, 1.807) is 35.2 Å². The second-order valence-corrected chi connectivity index (χ2v) is 11.2. The summed E-state index contributed by atoms with van der Waals surface area (Å²) in [6, 6.07) is 18.2. The van der Waals surface area contributed by atoms with Gasteiger partial charge in [-0.2, -0.15) is 0 Å². The van der Waals surface area contributed by atoms with Gasteiger partial charge in [-0.25, -0.2) is 8.42 Å². The molecule has 0 atom stereocenters. The molecule has 1 aliphatic rings. The molecule has 1 N–H and O–H groups in total. The molecule has 3 aromatic carbocycles. The van der Waals surface area contributed by atoms with Crippen molar-refractivity contribution in [3.05, 3.63) is 88.5 Å². The summed E-state index contributed by atoms with van der Waals surface area (Å²) in [4.78, 5) is 26.7. The van der Waals surface area contributed by atoms with E-state index >= 15 is 0 Å². The van der Waals surface area contributed by atoms with Gasteiger partial charge in [0.2, 0.25) is 15.9 Å². The Hall–Kier alpha value is -3.65. The topological polar surface area (TPSA) is 86.8 Å². The molecular formula is C28H31N3O4S. The second kappa shape index (κ2) is 10.1. The molecule has 0 bridgehead atoms. The molecule has 7 nitrogen and oxygen atoms in total. The Morgan fingerprint density at radius 2 is 1.64 bits per heavy atom. The number of rotatable bonds is 7. The van der Waals surface area contributed by atoms with Crippen LogP contribution in [-0.4, -0.2) is 33.0 Å². The number of nitrogens with one attached hydrogen (secondary N) is 1. The van der Waals surface area contributed by atoms with Crippen molar-refractivity contribution in [2.24, 2.45) is 0 Å². The Labute approximate surface area is 212 Å².